The van der Waals surface area contributed by atoms with Crippen molar-refractivity contribution in [2.24, 2.45) is 0 Å². The molecular formula is C18H26N2O4. The fourth-order valence-corrected chi connectivity index (χ4v) is 2.56. The van der Waals surface area contributed by atoms with Crippen LogP contribution in [-0.2, 0) is 16.0 Å². The molecule has 0 spiro atoms. The first-order valence-electron chi connectivity index (χ1n) is 8.38. The van der Waals surface area contributed by atoms with Crippen LogP contribution in [0.3, 0.4) is 0 Å². The van der Waals surface area contributed by atoms with Crippen molar-refractivity contribution in [2.45, 2.75) is 45.6 Å². The Hall–Kier alpha value is -2.24. The molecule has 2 N–H and O–H groups in total. The number of para-hydroxylation sites is 1. The van der Waals surface area contributed by atoms with Crippen molar-refractivity contribution in [3.05, 3.63) is 23.8 Å². The fourth-order valence-electron chi connectivity index (χ4n) is 2.56. The van der Waals surface area contributed by atoms with E-state index in [-0.39, 0.29) is 30.4 Å². The highest BCUT2D eigenvalue weighted by Gasteiger charge is 2.32. The number of amides is 2. The second-order valence-electron chi connectivity index (χ2n) is 6.52. The average Bonchev–Trinajstić information content (AvgIpc) is 2.85. The molecule has 0 fully saturated rings. The van der Waals surface area contributed by atoms with Gasteiger partial charge in [-0.05, 0) is 26.3 Å². The van der Waals surface area contributed by atoms with E-state index in [4.69, 9.17) is 9.47 Å². The molecule has 1 heterocycles. The van der Waals surface area contributed by atoms with Crippen LogP contribution >= 0.6 is 0 Å². The van der Waals surface area contributed by atoms with E-state index in [2.05, 4.69) is 10.6 Å². The van der Waals surface area contributed by atoms with Crippen molar-refractivity contribution in [1.82, 2.24) is 10.6 Å². The molecule has 6 nitrogen and oxygen atoms in total. The molecule has 2 rings (SSSR count). The molecule has 132 valence electrons. The molecule has 0 bridgehead atoms. The average molecular weight is 334 g/mol. The first-order chi connectivity index (χ1) is 11.4. The maximum absolute atomic E-state index is 11.8. The van der Waals surface area contributed by atoms with Crippen LogP contribution < -0.4 is 20.1 Å². The van der Waals surface area contributed by atoms with Crippen molar-refractivity contribution in [1.29, 1.82) is 0 Å². The SMILES string of the molecule is CCCNC(=O)CCNC(=O)COc1cccc2c1OC(C)(C)C2. The van der Waals surface area contributed by atoms with Gasteiger partial charge < -0.3 is 20.1 Å². The van der Waals surface area contributed by atoms with Gasteiger partial charge in [0.1, 0.15) is 5.60 Å². The third kappa shape index (κ3) is 5.15. The van der Waals surface area contributed by atoms with Gasteiger partial charge in [0.25, 0.3) is 5.91 Å². The topological polar surface area (TPSA) is 76.7 Å². The van der Waals surface area contributed by atoms with Crippen molar-refractivity contribution in [3.63, 3.8) is 0 Å². The minimum Gasteiger partial charge on any atom is -0.483 e. The molecule has 0 saturated heterocycles. The van der Waals surface area contributed by atoms with E-state index in [0.29, 0.717) is 24.6 Å². The van der Waals surface area contributed by atoms with Crippen LogP contribution in [0.4, 0.5) is 0 Å². The van der Waals surface area contributed by atoms with Gasteiger partial charge in [-0.2, -0.15) is 0 Å². The monoisotopic (exact) mass is 334 g/mol. The van der Waals surface area contributed by atoms with Crippen LogP contribution in [0.25, 0.3) is 0 Å². The summed E-state index contributed by atoms with van der Waals surface area (Å²) >= 11 is 0. The number of fused-ring (bicyclic) bond motifs is 1. The zero-order valence-corrected chi connectivity index (χ0v) is 14.6. The van der Waals surface area contributed by atoms with E-state index in [1.54, 1.807) is 6.07 Å². The van der Waals surface area contributed by atoms with Gasteiger partial charge in [-0.3, -0.25) is 9.59 Å². The van der Waals surface area contributed by atoms with Gasteiger partial charge in [0.05, 0.1) is 0 Å². The molecule has 0 radical (unpaired) electrons. The lowest BCUT2D eigenvalue weighted by molar-refractivity contribution is -0.123. The Balaban J connectivity index is 1.76. The maximum Gasteiger partial charge on any atom is 0.257 e. The summed E-state index contributed by atoms with van der Waals surface area (Å²) in [5.41, 5.74) is 0.834. The lowest BCUT2D eigenvalue weighted by Crippen LogP contribution is -2.33. The predicted octanol–water partition coefficient (Wildman–Crippen LogP) is 1.81. The molecule has 0 atom stereocenters. The quantitative estimate of drug-likeness (QED) is 0.760. The molecule has 0 saturated carbocycles. The van der Waals surface area contributed by atoms with E-state index in [1.807, 2.05) is 32.9 Å². The fraction of sp³-hybridized carbons (Fsp3) is 0.556. The highest BCUT2D eigenvalue weighted by molar-refractivity contribution is 5.79. The second kappa shape index (κ2) is 8.04. The van der Waals surface area contributed by atoms with Crippen LogP contribution in [0, 0.1) is 0 Å². The Bertz CT molecular complexity index is 599. The Morgan fingerprint density at radius 2 is 1.96 bits per heavy atom. The van der Waals surface area contributed by atoms with Crippen molar-refractivity contribution >= 4 is 11.8 Å². The van der Waals surface area contributed by atoms with Gasteiger partial charge in [-0.15, -0.1) is 0 Å². The van der Waals surface area contributed by atoms with E-state index in [1.165, 1.54) is 0 Å². The standard InChI is InChI=1S/C18H26N2O4/c1-4-9-19-15(21)8-10-20-16(22)12-23-14-7-5-6-13-11-18(2,3)24-17(13)14/h5-7H,4,8-12H2,1-3H3,(H,19,21)(H,20,22). The summed E-state index contributed by atoms with van der Waals surface area (Å²) in [5, 5.41) is 5.44. The van der Waals surface area contributed by atoms with Crippen LogP contribution in [0.5, 0.6) is 11.5 Å². The molecule has 0 aromatic heterocycles. The Kier molecular flexibility index (Phi) is 6.06. The summed E-state index contributed by atoms with van der Waals surface area (Å²) in [6, 6.07) is 5.70. The minimum absolute atomic E-state index is 0.0606. The zero-order valence-electron chi connectivity index (χ0n) is 14.6. The van der Waals surface area contributed by atoms with Crippen LogP contribution in [0.15, 0.2) is 18.2 Å². The van der Waals surface area contributed by atoms with Gasteiger partial charge in [0.15, 0.2) is 18.1 Å². The number of hydrogen-bond acceptors (Lipinski definition) is 4. The largest absolute Gasteiger partial charge is 0.483 e. The first-order valence-corrected chi connectivity index (χ1v) is 8.38. The maximum atomic E-state index is 11.8. The second-order valence-corrected chi connectivity index (χ2v) is 6.52. The Morgan fingerprint density at radius 3 is 2.71 bits per heavy atom. The number of hydrogen-bond donors (Lipinski definition) is 2. The molecule has 2 amide bonds. The molecule has 1 aromatic rings. The molecule has 1 aliphatic heterocycles. The van der Waals surface area contributed by atoms with Gasteiger partial charge in [0.2, 0.25) is 5.91 Å². The molecule has 0 unspecified atom stereocenters. The Morgan fingerprint density at radius 1 is 1.21 bits per heavy atom. The van der Waals surface area contributed by atoms with Gasteiger partial charge in [-0.1, -0.05) is 19.1 Å². The van der Waals surface area contributed by atoms with Crippen LogP contribution in [0.1, 0.15) is 39.2 Å². The number of benzene rings is 1. The van der Waals surface area contributed by atoms with Crippen molar-refractivity contribution in [3.8, 4) is 11.5 Å². The lowest BCUT2D eigenvalue weighted by atomic mass is 10.0. The summed E-state index contributed by atoms with van der Waals surface area (Å²) in [6.45, 7) is 6.89. The minimum atomic E-state index is -0.256. The van der Waals surface area contributed by atoms with Gasteiger partial charge >= 0.3 is 0 Å². The van der Waals surface area contributed by atoms with Crippen LogP contribution in [-0.4, -0.2) is 37.1 Å². The molecule has 6 heteroatoms. The van der Waals surface area contributed by atoms with E-state index < -0.39 is 0 Å². The van der Waals surface area contributed by atoms with Gasteiger partial charge in [-0.25, -0.2) is 0 Å². The third-order valence-electron chi connectivity index (χ3n) is 3.66. The number of carbonyl (C=O) groups is 2. The van der Waals surface area contributed by atoms with Gasteiger partial charge in [0, 0.05) is 31.5 Å². The first kappa shape index (κ1) is 18.1. The smallest absolute Gasteiger partial charge is 0.257 e. The van der Waals surface area contributed by atoms with Crippen molar-refractivity contribution < 1.29 is 19.1 Å². The summed E-state index contributed by atoms with van der Waals surface area (Å²) in [6.07, 6.45) is 1.98. The predicted molar refractivity (Wildman–Crippen MR) is 91.3 cm³/mol. The van der Waals surface area contributed by atoms with Crippen molar-refractivity contribution in [2.75, 3.05) is 19.7 Å². The molecular weight excluding hydrogens is 308 g/mol. The number of nitrogens with one attached hydrogen (secondary N) is 2. The highest BCUT2D eigenvalue weighted by Crippen LogP contribution is 2.41. The summed E-state index contributed by atoms with van der Waals surface area (Å²) in [5.74, 6) is 0.978. The van der Waals surface area contributed by atoms with Crippen LogP contribution in [0.2, 0.25) is 0 Å². The van der Waals surface area contributed by atoms with E-state index in [0.717, 1.165) is 18.4 Å². The van der Waals surface area contributed by atoms with E-state index in [9.17, 15) is 9.59 Å². The van der Waals surface area contributed by atoms with E-state index >= 15 is 0 Å². The zero-order chi connectivity index (χ0) is 17.6. The molecule has 0 aliphatic carbocycles. The number of rotatable bonds is 8. The molecule has 1 aromatic carbocycles. The molecule has 24 heavy (non-hydrogen) atoms. The number of carbonyl (C=O) groups excluding carboxylic acids is 2. The highest BCUT2D eigenvalue weighted by atomic mass is 16.5. The summed E-state index contributed by atoms with van der Waals surface area (Å²) in [4.78, 5) is 23.3. The third-order valence-corrected chi connectivity index (χ3v) is 3.66. The Labute approximate surface area is 142 Å². The lowest BCUT2D eigenvalue weighted by Gasteiger charge is -2.18. The normalized spacial score (nSPS) is 14.5. The summed E-state index contributed by atoms with van der Waals surface area (Å²) in [7, 11) is 0. The number of ether oxygens (including phenoxy) is 2. The summed E-state index contributed by atoms with van der Waals surface area (Å²) < 4.78 is 11.5. The molecule has 1 aliphatic rings.